The Labute approximate surface area is 147 Å². The molecular formula is C18H19N3O2S. The van der Waals surface area contributed by atoms with Gasteiger partial charge in [0.2, 0.25) is 0 Å². The van der Waals surface area contributed by atoms with Crippen molar-refractivity contribution < 1.29 is 9.47 Å². The van der Waals surface area contributed by atoms with Crippen molar-refractivity contribution in [3.05, 3.63) is 47.0 Å². The number of methoxy groups -OCH3 is 2. The third-order valence-corrected chi connectivity index (χ3v) is 3.58. The monoisotopic (exact) mass is 341 g/mol. The van der Waals surface area contributed by atoms with Crippen LogP contribution in [0.15, 0.2) is 30.3 Å². The highest BCUT2D eigenvalue weighted by molar-refractivity contribution is 7.80. The molecule has 0 aromatic heterocycles. The molecule has 0 spiro atoms. The summed E-state index contributed by atoms with van der Waals surface area (Å²) in [5, 5.41) is 15.9. The van der Waals surface area contributed by atoms with Crippen LogP contribution in [0.3, 0.4) is 0 Å². The molecule has 0 atom stereocenters. The van der Waals surface area contributed by atoms with Gasteiger partial charge in [0.15, 0.2) is 16.6 Å². The van der Waals surface area contributed by atoms with E-state index in [1.807, 2.05) is 26.0 Å². The maximum Gasteiger partial charge on any atom is 0.175 e. The number of anilines is 2. The van der Waals surface area contributed by atoms with E-state index in [4.69, 9.17) is 21.7 Å². The molecule has 0 amide bonds. The molecule has 6 heteroatoms. The second-order valence-electron chi connectivity index (χ2n) is 5.32. The molecule has 2 N–H and O–H groups in total. The minimum Gasteiger partial charge on any atom is -0.493 e. The maximum absolute atomic E-state index is 9.33. The van der Waals surface area contributed by atoms with E-state index in [-0.39, 0.29) is 0 Å². The van der Waals surface area contributed by atoms with Crippen LogP contribution in [0.4, 0.5) is 11.4 Å². The Morgan fingerprint density at radius 3 is 2.08 bits per heavy atom. The first-order valence-electron chi connectivity index (χ1n) is 7.29. The fourth-order valence-corrected chi connectivity index (χ4v) is 2.63. The van der Waals surface area contributed by atoms with Gasteiger partial charge in [0, 0.05) is 17.8 Å². The molecule has 0 unspecified atom stereocenters. The Hall–Kier alpha value is -2.78. The van der Waals surface area contributed by atoms with Gasteiger partial charge >= 0.3 is 0 Å². The first kappa shape index (κ1) is 17.6. The summed E-state index contributed by atoms with van der Waals surface area (Å²) in [6.45, 7) is 4.05. The number of nitrogens with one attached hydrogen (secondary N) is 2. The number of nitriles is 1. The molecule has 2 aromatic carbocycles. The summed E-state index contributed by atoms with van der Waals surface area (Å²) in [5.41, 5.74) is 4.14. The van der Waals surface area contributed by atoms with E-state index < -0.39 is 0 Å². The third kappa shape index (κ3) is 4.15. The maximum atomic E-state index is 9.33. The van der Waals surface area contributed by atoms with Gasteiger partial charge in [-0.1, -0.05) is 6.07 Å². The molecule has 24 heavy (non-hydrogen) atoms. The van der Waals surface area contributed by atoms with E-state index in [0.717, 1.165) is 16.8 Å². The largest absolute Gasteiger partial charge is 0.493 e. The van der Waals surface area contributed by atoms with Gasteiger partial charge in [-0.3, -0.25) is 0 Å². The zero-order valence-corrected chi connectivity index (χ0v) is 14.9. The minimum absolute atomic E-state index is 0.392. The van der Waals surface area contributed by atoms with Gasteiger partial charge in [-0.25, -0.2) is 0 Å². The molecule has 0 fully saturated rings. The lowest BCUT2D eigenvalue weighted by molar-refractivity contribution is 0.355. The Kier molecular flexibility index (Phi) is 5.61. The molecule has 0 saturated carbocycles. The molecule has 2 aromatic rings. The fraction of sp³-hybridized carbons (Fsp3) is 0.222. The predicted octanol–water partition coefficient (Wildman–Crippen LogP) is 4.00. The van der Waals surface area contributed by atoms with Crippen LogP contribution in [-0.4, -0.2) is 19.3 Å². The van der Waals surface area contributed by atoms with Crippen LogP contribution >= 0.6 is 12.2 Å². The van der Waals surface area contributed by atoms with Crippen LogP contribution in [0.25, 0.3) is 0 Å². The van der Waals surface area contributed by atoms with E-state index in [1.54, 1.807) is 19.2 Å². The molecule has 2 rings (SSSR count). The molecule has 0 aliphatic heterocycles. The smallest absolute Gasteiger partial charge is 0.175 e. The number of thiocarbonyl (C=S) groups is 1. The molecule has 124 valence electrons. The van der Waals surface area contributed by atoms with E-state index in [0.29, 0.717) is 27.9 Å². The standard InChI is InChI=1S/C18H19N3O2S/c1-11-5-12(2)7-14(6-11)20-18(24)21-15-9-17(23-4)16(22-3)8-13(15)10-19/h5-9H,1-4H3,(H2,20,21,24). The van der Waals surface area contributed by atoms with Crippen LogP contribution in [0.5, 0.6) is 11.5 Å². The summed E-state index contributed by atoms with van der Waals surface area (Å²) < 4.78 is 10.5. The van der Waals surface area contributed by atoms with Gasteiger partial charge in [-0.05, 0) is 49.3 Å². The van der Waals surface area contributed by atoms with Gasteiger partial charge in [-0.15, -0.1) is 0 Å². The van der Waals surface area contributed by atoms with E-state index in [1.165, 1.54) is 7.11 Å². The molecule has 0 heterocycles. The van der Waals surface area contributed by atoms with Crippen molar-refractivity contribution in [2.24, 2.45) is 0 Å². The SMILES string of the molecule is COc1cc(C#N)c(NC(=S)Nc2cc(C)cc(C)c2)cc1OC. The lowest BCUT2D eigenvalue weighted by Gasteiger charge is -2.15. The van der Waals surface area contributed by atoms with Crippen molar-refractivity contribution in [3.63, 3.8) is 0 Å². The number of hydrogen-bond acceptors (Lipinski definition) is 4. The average molecular weight is 341 g/mol. The number of aryl methyl sites for hydroxylation is 2. The second kappa shape index (κ2) is 7.66. The van der Waals surface area contributed by atoms with Gasteiger partial charge in [0.1, 0.15) is 6.07 Å². The summed E-state index contributed by atoms with van der Waals surface area (Å²) in [5.74, 6) is 1.01. The molecule has 0 aliphatic rings. The molecule has 0 aliphatic carbocycles. The van der Waals surface area contributed by atoms with Crippen LogP contribution in [0, 0.1) is 25.2 Å². The molecular weight excluding hydrogens is 322 g/mol. The molecule has 0 bridgehead atoms. The highest BCUT2D eigenvalue weighted by atomic mass is 32.1. The van der Waals surface area contributed by atoms with Crippen LogP contribution in [0.1, 0.15) is 16.7 Å². The van der Waals surface area contributed by atoms with Gasteiger partial charge < -0.3 is 20.1 Å². The third-order valence-electron chi connectivity index (χ3n) is 3.37. The average Bonchev–Trinajstić information content (AvgIpc) is 2.53. The normalized spacial score (nSPS) is 9.79. The first-order chi connectivity index (χ1) is 11.5. The Morgan fingerprint density at radius 1 is 0.958 bits per heavy atom. The number of ether oxygens (including phenoxy) is 2. The quantitative estimate of drug-likeness (QED) is 0.820. The Bertz CT molecular complexity index is 792. The lowest BCUT2D eigenvalue weighted by atomic mass is 10.1. The van der Waals surface area contributed by atoms with Crippen molar-refractivity contribution >= 4 is 28.7 Å². The number of rotatable bonds is 4. The van der Waals surface area contributed by atoms with Crippen molar-refractivity contribution in [3.8, 4) is 17.6 Å². The van der Waals surface area contributed by atoms with Crippen molar-refractivity contribution in [2.75, 3.05) is 24.9 Å². The van der Waals surface area contributed by atoms with E-state index in [2.05, 4.69) is 22.8 Å². The Morgan fingerprint density at radius 2 is 1.54 bits per heavy atom. The second-order valence-corrected chi connectivity index (χ2v) is 5.73. The summed E-state index contributed by atoms with van der Waals surface area (Å²) in [6.07, 6.45) is 0. The van der Waals surface area contributed by atoms with Crippen molar-refractivity contribution in [1.29, 1.82) is 5.26 Å². The van der Waals surface area contributed by atoms with Crippen molar-refractivity contribution in [2.45, 2.75) is 13.8 Å². The molecule has 0 saturated heterocycles. The number of nitrogens with zero attached hydrogens (tertiary/aromatic N) is 1. The highest BCUT2D eigenvalue weighted by Crippen LogP contribution is 2.33. The lowest BCUT2D eigenvalue weighted by Crippen LogP contribution is -2.20. The first-order valence-corrected chi connectivity index (χ1v) is 7.70. The summed E-state index contributed by atoms with van der Waals surface area (Å²) in [4.78, 5) is 0. The van der Waals surface area contributed by atoms with Gasteiger partial charge in [-0.2, -0.15) is 5.26 Å². The predicted molar refractivity (Wildman–Crippen MR) is 100 cm³/mol. The van der Waals surface area contributed by atoms with E-state index in [9.17, 15) is 5.26 Å². The van der Waals surface area contributed by atoms with Crippen LogP contribution in [-0.2, 0) is 0 Å². The van der Waals surface area contributed by atoms with Crippen molar-refractivity contribution in [1.82, 2.24) is 0 Å². The van der Waals surface area contributed by atoms with Crippen LogP contribution < -0.4 is 20.1 Å². The summed E-state index contributed by atoms with van der Waals surface area (Å²) in [7, 11) is 3.07. The number of hydrogen-bond donors (Lipinski definition) is 2. The summed E-state index contributed by atoms with van der Waals surface area (Å²) >= 11 is 5.35. The van der Waals surface area contributed by atoms with Gasteiger partial charge in [0.25, 0.3) is 0 Å². The fourth-order valence-electron chi connectivity index (χ4n) is 2.41. The minimum atomic E-state index is 0.392. The summed E-state index contributed by atoms with van der Waals surface area (Å²) in [6, 6.07) is 11.5. The zero-order chi connectivity index (χ0) is 17.7. The zero-order valence-electron chi connectivity index (χ0n) is 14.1. The van der Waals surface area contributed by atoms with E-state index >= 15 is 0 Å². The molecule has 0 radical (unpaired) electrons. The number of benzene rings is 2. The topological polar surface area (TPSA) is 66.3 Å². The highest BCUT2D eigenvalue weighted by Gasteiger charge is 2.12. The van der Waals surface area contributed by atoms with Crippen LogP contribution in [0.2, 0.25) is 0 Å². The Balaban J connectivity index is 2.23. The molecule has 5 nitrogen and oxygen atoms in total. The van der Waals surface area contributed by atoms with Gasteiger partial charge in [0.05, 0.1) is 25.5 Å².